The molecule has 0 atom stereocenters. The second kappa shape index (κ2) is 6.67. The van der Waals surface area contributed by atoms with Crippen LogP contribution in [0.1, 0.15) is 20.9 Å². The second-order valence-electron chi connectivity index (χ2n) is 5.22. The van der Waals surface area contributed by atoms with Gasteiger partial charge in [-0.25, -0.2) is 9.78 Å². The number of rotatable bonds is 5. The number of hydrogen-bond acceptors (Lipinski definition) is 5. The topological polar surface area (TPSA) is 99.5 Å². The first kappa shape index (κ1) is 15.9. The summed E-state index contributed by atoms with van der Waals surface area (Å²) in [4.78, 5) is 27.3. The summed E-state index contributed by atoms with van der Waals surface area (Å²) in [5, 5.41) is 21.8. The third-order valence-electron chi connectivity index (χ3n) is 3.39. The molecule has 0 radical (unpaired) electrons. The van der Waals surface area contributed by atoms with Crippen molar-refractivity contribution in [2.24, 2.45) is 0 Å². The number of benzene rings is 2. The minimum Gasteiger partial charge on any atom is -0.508 e. The van der Waals surface area contributed by atoms with E-state index >= 15 is 0 Å². The van der Waals surface area contributed by atoms with E-state index in [9.17, 15) is 14.7 Å². The van der Waals surface area contributed by atoms with Gasteiger partial charge in [0.05, 0.1) is 22.2 Å². The number of fused-ring (bicyclic) bond motifs is 1. The molecule has 6 nitrogen and oxygen atoms in total. The zero-order valence-corrected chi connectivity index (χ0v) is 13.3. The molecule has 0 saturated carbocycles. The summed E-state index contributed by atoms with van der Waals surface area (Å²) >= 11 is 1.36. The highest BCUT2D eigenvalue weighted by molar-refractivity contribution is 7.18. The molecule has 2 aromatic carbocycles. The summed E-state index contributed by atoms with van der Waals surface area (Å²) in [6.45, 7) is 0.256. The van der Waals surface area contributed by atoms with Crippen LogP contribution in [-0.2, 0) is 17.8 Å². The quantitative estimate of drug-likeness (QED) is 0.662. The highest BCUT2D eigenvalue weighted by Crippen LogP contribution is 2.25. The second-order valence-corrected chi connectivity index (χ2v) is 6.33. The lowest BCUT2D eigenvalue weighted by molar-refractivity contribution is -0.120. The smallest absolute Gasteiger partial charge is 0.335 e. The Morgan fingerprint density at radius 3 is 2.79 bits per heavy atom. The van der Waals surface area contributed by atoms with Crippen molar-refractivity contribution in [3.05, 3.63) is 58.6 Å². The molecule has 0 unspecified atom stereocenters. The van der Waals surface area contributed by atoms with Crippen molar-refractivity contribution in [3.8, 4) is 5.75 Å². The zero-order chi connectivity index (χ0) is 17.1. The lowest BCUT2D eigenvalue weighted by atomic mass is 10.1. The van der Waals surface area contributed by atoms with Crippen molar-refractivity contribution < 1.29 is 19.8 Å². The molecule has 24 heavy (non-hydrogen) atoms. The molecule has 122 valence electrons. The van der Waals surface area contributed by atoms with Crippen molar-refractivity contribution >= 4 is 33.4 Å². The molecule has 1 amide bonds. The lowest BCUT2D eigenvalue weighted by Gasteiger charge is -2.05. The first-order chi connectivity index (χ1) is 11.5. The van der Waals surface area contributed by atoms with Gasteiger partial charge in [-0.2, -0.15) is 0 Å². The molecule has 0 saturated heterocycles. The van der Waals surface area contributed by atoms with Crippen LogP contribution in [0.4, 0.5) is 0 Å². The van der Waals surface area contributed by atoms with Gasteiger partial charge in [-0.3, -0.25) is 4.79 Å². The normalized spacial score (nSPS) is 10.7. The molecule has 0 aliphatic heterocycles. The summed E-state index contributed by atoms with van der Waals surface area (Å²) in [5.41, 5.74) is 1.65. The van der Waals surface area contributed by atoms with Crippen molar-refractivity contribution in [1.29, 1.82) is 0 Å². The Balaban J connectivity index is 1.62. The molecule has 0 aliphatic rings. The van der Waals surface area contributed by atoms with Gasteiger partial charge in [0.1, 0.15) is 10.8 Å². The minimum absolute atomic E-state index is 0.138. The van der Waals surface area contributed by atoms with Crippen LogP contribution >= 0.6 is 11.3 Å². The average molecular weight is 342 g/mol. The van der Waals surface area contributed by atoms with Crippen molar-refractivity contribution in [2.45, 2.75) is 13.0 Å². The maximum atomic E-state index is 12.0. The van der Waals surface area contributed by atoms with Crippen LogP contribution in [0.25, 0.3) is 10.2 Å². The molecule has 1 heterocycles. The van der Waals surface area contributed by atoms with E-state index in [1.165, 1.54) is 23.5 Å². The maximum Gasteiger partial charge on any atom is 0.335 e. The Morgan fingerprint density at radius 2 is 2.00 bits per heavy atom. The fourth-order valence-electron chi connectivity index (χ4n) is 2.25. The molecule has 0 aliphatic carbocycles. The molecule has 3 aromatic rings. The van der Waals surface area contributed by atoms with Gasteiger partial charge >= 0.3 is 5.97 Å². The van der Waals surface area contributed by atoms with Crippen LogP contribution in [0.5, 0.6) is 5.75 Å². The first-order valence-corrected chi connectivity index (χ1v) is 8.00. The van der Waals surface area contributed by atoms with E-state index in [-0.39, 0.29) is 30.2 Å². The van der Waals surface area contributed by atoms with E-state index in [1.807, 2.05) is 0 Å². The molecule has 0 fully saturated rings. The Labute approximate surface area is 141 Å². The van der Waals surface area contributed by atoms with Gasteiger partial charge in [0.2, 0.25) is 5.91 Å². The van der Waals surface area contributed by atoms with Gasteiger partial charge in [-0.15, -0.1) is 11.3 Å². The molecule has 1 aromatic heterocycles. The van der Waals surface area contributed by atoms with Gasteiger partial charge in [0.25, 0.3) is 0 Å². The summed E-state index contributed by atoms with van der Waals surface area (Å²) in [5.74, 6) is -1.03. The van der Waals surface area contributed by atoms with Crippen LogP contribution < -0.4 is 5.32 Å². The number of carboxylic acid groups (broad SMARTS) is 1. The fraction of sp³-hybridized carbons (Fsp3) is 0.118. The van der Waals surface area contributed by atoms with Crippen molar-refractivity contribution in [2.75, 3.05) is 0 Å². The van der Waals surface area contributed by atoms with E-state index in [4.69, 9.17) is 5.11 Å². The van der Waals surface area contributed by atoms with E-state index in [0.717, 1.165) is 15.8 Å². The Bertz CT molecular complexity index is 920. The molecule has 3 rings (SSSR count). The molecule has 0 spiro atoms. The van der Waals surface area contributed by atoms with Crippen molar-refractivity contribution in [3.63, 3.8) is 0 Å². The SMILES string of the molecule is O=C(Cc1nc2ccc(O)cc2s1)NCc1cccc(C(=O)O)c1. The van der Waals surface area contributed by atoms with Gasteiger partial charge in [-0.05, 0) is 35.9 Å². The van der Waals surface area contributed by atoms with E-state index in [0.29, 0.717) is 5.01 Å². The summed E-state index contributed by atoms with van der Waals surface area (Å²) in [6.07, 6.45) is 0.138. The number of aromatic carboxylic acids is 1. The predicted octanol–water partition coefficient (Wildman–Crippen LogP) is 2.56. The maximum absolute atomic E-state index is 12.0. The van der Waals surface area contributed by atoms with E-state index in [2.05, 4.69) is 10.3 Å². The van der Waals surface area contributed by atoms with Crippen LogP contribution in [0.3, 0.4) is 0 Å². The number of carboxylic acids is 1. The minimum atomic E-state index is -0.999. The molecular weight excluding hydrogens is 328 g/mol. The third kappa shape index (κ3) is 3.69. The highest BCUT2D eigenvalue weighted by Gasteiger charge is 2.10. The predicted molar refractivity (Wildman–Crippen MR) is 90.2 cm³/mol. The van der Waals surface area contributed by atoms with Crippen LogP contribution in [-0.4, -0.2) is 27.1 Å². The van der Waals surface area contributed by atoms with Gasteiger partial charge in [-0.1, -0.05) is 12.1 Å². The number of thiazole rings is 1. The Hall–Kier alpha value is -2.93. The van der Waals surface area contributed by atoms with Crippen LogP contribution in [0.15, 0.2) is 42.5 Å². The zero-order valence-electron chi connectivity index (χ0n) is 12.5. The van der Waals surface area contributed by atoms with Crippen LogP contribution in [0.2, 0.25) is 0 Å². The molecular formula is C17H14N2O4S. The number of nitrogens with zero attached hydrogens (tertiary/aromatic N) is 1. The summed E-state index contributed by atoms with van der Waals surface area (Å²) in [7, 11) is 0. The third-order valence-corrected chi connectivity index (χ3v) is 4.41. The largest absolute Gasteiger partial charge is 0.508 e. The van der Waals surface area contributed by atoms with Crippen molar-refractivity contribution in [1.82, 2.24) is 10.3 Å². The lowest BCUT2D eigenvalue weighted by Crippen LogP contribution is -2.24. The number of aromatic hydroxyl groups is 1. The standard InChI is InChI=1S/C17H14N2O4S/c20-12-4-5-13-14(7-12)24-16(19-13)8-15(21)18-9-10-2-1-3-11(6-10)17(22)23/h1-7,20H,8-9H2,(H,18,21)(H,22,23). The van der Waals surface area contributed by atoms with Gasteiger partial charge in [0.15, 0.2) is 0 Å². The number of phenols is 1. The van der Waals surface area contributed by atoms with Gasteiger partial charge in [0, 0.05) is 6.54 Å². The monoisotopic (exact) mass is 342 g/mol. The number of carbonyl (C=O) groups excluding carboxylic acids is 1. The first-order valence-electron chi connectivity index (χ1n) is 7.18. The number of nitrogens with one attached hydrogen (secondary N) is 1. The molecule has 7 heteroatoms. The van der Waals surface area contributed by atoms with Crippen LogP contribution in [0, 0.1) is 0 Å². The van der Waals surface area contributed by atoms with Gasteiger partial charge < -0.3 is 15.5 Å². The number of carbonyl (C=O) groups is 2. The summed E-state index contributed by atoms with van der Waals surface area (Å²) in [6, 6.07) is 11.3. The summed E-state index contributed by atoms with van der Waals surface area (Å²) < 4.78 is 0.826. The fourth-order valence-corrected chi connectivity index (χ4v) is 3.25. The average Bonchev–Trinajstić information content (AvgIpc) is 2.94. The Morgan fingerprint density at radius 1 is 1.17 bits per heavy atom. The number of amides is 1. The number of hydrogen-bond donors (Lipinski definition) is 3. The molecule has 3 N–H and O–H groups in total. The number of aromatic nitrogens is 1. The highest BCUT2D eigenvalue weighted by atomic mass is 32.1. The van der Waals surface area contributed by atoms with E-state index in [1.54, 1.807) is 30.3 Å². The molecule has 0 bridgehead atoms. The number of phenolic OH excluding ortho intramolecular Hbond substituents is 1. The van der Waals surface area contributed by atoms with E-state index < -0.39 is 5.97 Å². The Kier molecular flexibility index (Phi) is 4.43.